The topological polar surface area (TPSA) is 89.9 Å². The average molecular weight is 441 g/mol. The molecule has 6 nitrogen and oxygen atoms in total. The smallest absolute Gasteiger partial charge is 0.347 e. The number of carboxylic acids is 1. The Labute approximate surface area is 178 Å². The molecule has 0 radical (unpaired) electrons. The molecule has 0 fully saturated rings. The summed E-state index contributed by atoms with van der Waals surface area (Å²) in [6.07, 6.45) is 4.50. The van der Waals surface area contributed by atoms with E-state index in [1.807, 2.05) is 0 Å². The minimum absolute atomic E-state index is 0.0771. The first-order chi connectivity index (χ1) is 13.5. The zero-order chi connectivity index (χ0) is 21.6. The summed E-state index contributed by atoms with van der Waals surface area (Å²) in [5.74, 6) is -1.80. The zero-order valence-electron chi connectivity index (χ0n) is 16.4. The number of fused-ring (bicyclic) bond motifs is 3. The lowest BCUT2D eigenvalue weighted by Gasteiger charge is -2.32. The fourth-order valence-electron chi connectivity index (χ4n) is 3.94. The van der Waals surface area contributed by atoms with Gasteiger partial charge in [0.05, 0.1) is 5.02 Å². The first-order valence-corrected chi connectivity index (χ1v) is 10.1. The summed E-state index contributed by atoms with van der Waals surface area (Å²) in [5.41, 5.74) is 0.797. The molecule has 0 amide bonds. The highest BCUT2D eigenvalue weighted by Gasteiger charge is 2.44. The van der Waals surface area contributed by atoms with Gasteiger partial charge in [0.2, 0.25) is 5.60 Å². The van der Waals surface area contributed by atoms with Gasteiger partial charge in [-0.15, -0.1) is 0 Å². The lowest BCUT2D eigenvalue weighted by Crippen LogP contribution is -2.38. The number of hydrogen-bond donors (Lipinski definition) is 1. The Kier molecular flexibility index (Phi) is 5.71. The van der Waals surface area contributed by atoms with Gasteiger partial charge in [-0.3, -0.25) is 4.79 Å². The number of halogens is 2. The van der Waals surface area contributed by atoms with Gasteiger partial charge in [0.25, 0.3) is 0 Å². The van der Waals surface area contributed by atoms with Crippen molar-refractivity contribution in [2.75, 3.05) is 6.61 Å². The number of carbonyl (C=O) groups is 3. The molecular weight excluding hydrogens is 419 g/mol. The van der Waals surface area contributed by atoms with E-state index in [1.54, 1.807) is 12.1 Å². The molecule has 0 aliphatic heterocycles. The second-order valence-corrected chi connectivity index (χ2v) is 8.71. The van der Waals surface area contributed by atoms with Crippen LogP contribution in [0, 0.1) is 5.41 Å². The number of ketones is 1. The van der Waals surface area contributed by atoms with Crippen molar-refractivity contribution in [2.24, 2.45) is 5.41 Å². The molecule has 156 valence electrons. The monoisotopic (exact) mass is 440 g/mol. The highest BCUT2D eigenvalue weighted by molar-refractivity contribution is 6.44. The van der Waals surface area contributed by atoms with Gasteiger partial charge in [-0.2, -0.15) is 0 Å². The third-order valence-electron chi connectivity index (χ3n) is 5.69. The lowest BCUT2D eigenvalue weighted by molar-refractivity contribution is -0.175. The normalized spacial score (nSPS) is 20.6. The van der Waals surface area contributed by atoms with Crippen molar-refractivity contribution >= 4 is 46.5 Å². The Bertz CT molecular complexity index is 934. The number of ether oxygens (including phenoxy) is 2. The number of benzene rings is 1. The maximum absolute atomic E-state index is 12.0. The largest absolute Gasteiger partial charge is 0.480 e. The average Bonchev–Trinajstić information content (AvgIpc) is 2.97. The summed E-state index contributed by atoms with van der Waals surface area (Å²) in [6, 6.07) is 1.74. The van der Waals surface area contributed by atoms with Gasteiger partial charge < -0.3 is 14.6 Å². The Balaban J connectivity index is 1.86. The van der Waals surface area contributed by atoms with Crippen LogP contribution in [-0.2, 0) is 25.5 Å². The minimum atomic E-state index is -1.66. The number of hydrogen-bond acceptors (Lipinski definition) is 5. The fourth-order valence-corrected chi connectivity index (χ4v) is 4.46. The van der Waals surface area contributed by atoms with E-state index in [-0.39, 0.29) is 27.0 Å². The van der Waals surface area contributed by atoms with Crippen LogP contribution >= 0.6 is 23.2 Å². The minimum Gasteiger partial charge on any atom is -0.480 e. The lowest BCUT2D eigenvalue weighted by atomic mass is 9.71. The van der Waals surface area contributed by atoms with Crippen molar-refractivity contribution in [3.05, 3.63) is 33.3 Å². The molecule has 0 spiro atoms. The summed E-state index contributed by atoms with van der Waals surface area (Å²) in [5, 5.41) is 9.47. The third kappa shape index (κ3) is 3.88. The SMILES string of the molecule is CCC12CCC(=O)C=C1c1c(cc(OCC(=O)OC(C)(C)C(=O)O)c(Cl)c1Cl)C2. The quantitative estimate of drug-likeness (QED) is 0.655. The van der Waals surface area contributed by atoms with Crippen LogP contribution in [0.3, 0.4) is 0 Å². The molecule has 1 unspecified atom stereocenters. The Morgan fingerprint density at radius 1 is 1.28 bits per heavy atom. The second kappa shape index (κ2) is 7.65. The Morgan fingerprint density at radius 2 is 1.97 bits per heavy atom. The molecule has 0 heterocycles. The molecule has 0 saturated carbocycles. The van der Waals surface area contributed by atoms with E-state index in [1.165, 1.54) is 13.8 Å². The van der Waals surface area contributed by atoms with Crippen LogP contribution in [0.4, 0.5) is 0 Å². The molecule has 2 aliphatic rings. The van der Waals surface area contributed by atoms with Crippen LogP contribution in [0.15, 0.2) is 12.1 Å². The van der Waals surface area contributed by atoms with Crippen LogP contribution in [-0.4, -0.2) is 35.0 Å². The molecule has 1 atom stereocenters. The number of rotatable bonds is 6. The maximum Gasteiger partial charge on any atom is 0.347 e. The first kappa shape index (κ1) is 21.7. The maximum atomic E-state index is 12.0. The van der Waals surface area contributed by atoms with E-state index < -0.39 is 24.1 Å². The molecule has 3 rings (SSSR count). The van der Waals surface area contributed by atoms with E-state index in [9.17, 15) is 14.4 Å². The molecule has 8 heteroatoms. The number of aliphatic carboxylic acids is 1. The van der Waals surface area contributed by atoms with Crippen LogP contribution in [0.2, 0.25) is 10.0 Å². The summed E-state index contributed by atoms with van der Waals surface area (Å²) >= 11 is 12.9. The summed E-state index contributed by atoms with van der Waals surface area (Å²) in [6.45, 7) is 4.12. The summed E-state index contributed by atoms with van der Waals surface area (Å²) in [4.78, 5) is 35.1. The van der Waals surface area contributed by atoms with E-state index in [2.05, 4.69) is 6.92 Å². The summed E-state index contributed by atoms with van der Waals surface area (Å²) in [7, 11) is 0. The van der Waals surface area contributed by atoms with Gasteiger partial charge in [0.15, 0.2) is 12.4 Å². The van der Waals surface area contributed by atoms with E-state index in [0.717, 1.165) is 29.5 Å². The van der Waals surface area contributed by atoms with Crippen molar-refractivity contribution in [1.29, 1.82) is 0 Å². The van der Waals surface area contributed by atoms with Gasteiger partial charge in [0, 0.05) is 17.4 Å². The highest BCUT2D eigenvalue weighted by atomic mass is 35.5. The van der Waals surface area contributed by atoms with Crippen molar-refractivity contribution in [1.82, 2.24) is 0 Å². The van der Waals surface area contributed by atoms with E-state index >= 15 is 0 Å². The van der Waals surface area contributed by atoms with Crippen molar-refractivity contribution in [3.8, 4) is 5.75 Å². The number of allylic oxidation sites excluding steroid dienone is 2. The predicted molar refractivity (Wildman–Crippen MR) is 108 cm³/mol. The Morgan fingerprint density at radius 3 is 2.59 bits per heavy atom. The Hall–Kier alpha value is -2.05. The first-order valence-electron chi connectivity index (χ1n) is 9.35. The van der Waals surface area contributed by atoms with Crippen LogP contribution < -0.4 is 4.74 Å². The molecule has 2 aliphatic carbocycles. The van der Waals surface area contributed by atoms with Gasteiger partial charge in [-0.1, -0.05) is 30.1 Å². The van der Waals surface area contributed by atoms with Gasteiger partial charge in [-0.05, 0) is 56.4 Å². The van der Waals surface area contributed by atoms with Crippen molar-refractivity contribution in [2.45, 2.75) is 52.1 Å². The molecule has 0 aromatic heterocycles. The third-order valence-corrected chi connectivity index (χ3v) is 6.54. The second-order valence-electron chi connectivity index (χ2n) is 7.95. The number of carboxylic acid groups (broad SMARTS) is 1. The fraction of sp³-hybridized carbons (Fsp3) is 0.476. The molecule has 0 saturated heterocycles. The summed E-state index contributed by atoms with van der Waals surface area (Å²) < 4.78 is 10.4. The zero-order valence-corrected chi connectivity index (χ0v) is 17.9. The molecule has 1 aromatic rings. The molecule has 29 heavy (non-hydrogen) atoms. The standard InChI is InChI=1S/C21H22Cl2O6/c1-4-21-6-5-12(24)8-13(21)16-11(9-21)7-14(17(22)18(16)23)28-10-15(25)29-20(2,3)19(26)27/h7-8H,4-6,9-10H2,1-3H3,(H,26,27). The van der Waals surface area contributed by atoms with E-state index in [0.29, 0.717) is 12.8 Å². The van der Waals surface area contributed by atoms with Gasteiger partial charge in [-0.25, -0.2) is 9.59 Å². The van der Waals surface area contributed by atoms with Crippen LogP contribution in [0.1, 0.15) is 51.2 Å². The molecule has 1 N–H and O–H groups in total. The van der Waals surface area contributed by atoms with E-state index in [4.69, 9.17) is 37.8 Å². The van der Waals surface area contributed by atoms with Crippen LogP contribution in [0.5, 0.6) is 5.75 Å². The van der Waals surface area contributed by atoms with Crippen molar-refractivity contribution < 1.29 is 29.0 Å². The highest BCUT2D eigenvalue weighted by Crippen LogP contribution is 2.57. The van der Waals surface area contributed by atoms with Crippen molar-refractivity contribution in [3.63, 3.8) is 0 Å². The predicted octanol–water partition coefficient (Wildman–Crippen LogP) is 4.48. The molecule has 0 bridgehead atoms. The number of esters is 1. The van der Waals surface area contributed by atoms with Crippen LogP contribution in [0.25, 0.3) is 5.57 Å². The molecular formula is C21H22Cl2O6. The van der Waals surface area contributed by atoms with Gasteiger partial charge in [0.1, 0.15) is 10.8 Å². The molecule has 1 aromatic carbocycles. The van der Waals surface area contributed by atoms with Gasteiger partial charge >= 0.3 is 11.9 Å². The number of carbonyl (C=O) groups excluding carboxylic acids is 2.